The fourth-order valence-electron chi connectivity index (χ4n) is 3.36. The number of rotatable bonds is 8. The fourth-order valence-corrected chi connectivity index (χ4v) is 3.55. The van der Waals surface area contributed by atoms with Crippen LogP contribution in [0.15, 0.2) is 66.9 Å². The van der Waals surface area contributed by atoms with Crippen molar-refractivity contribution in [3.8, 4) is 5.75 Å². The van der Waals surface area contributed by atoms with Gasteiger partial charge < -0.3 is 19.5 Å². The zero-order valence-corrected chi connectivity index (χ0v) is 18.4. The van der Waals surface area contributed by atoms with Crippen molar-refractivity contribution in [1.29, 1.82) is 0 Å². The van der Waals surface area contributed by atoms with Crippen LogP contribution >= 0.6 is 11.6 Å². The van der Waals surface area contributed by atoms with Gasteiger partial charge in [0.25, 0.3) is 0 Å². The van der Waals surface area contributed by atoms with Gasteiger partial charge in [0, 0.05) is 30.0 Å². The number of methoxy groups -OCH3 is 1. The first-order valence-corrected chi connectivity index (χ1v) is 10.4. The molecule has 0 radical (unpaired) electrons. The summed E-state index contributed by atoms with van der Waals surface area (Å²) in [6, 6.07) is 19.1. The van der Waals surface area contributed by atoms with E-state index < -0.39 is 0 Å². The molecule has 3 aromatic rings. The van der Waals surface area contributed by atoms with Crippen molar-refractivity contribution in [2.75, 3.05) is 19.0 Å². The van der Waals surface area contributed by atoms with Crippen LogP contribution in [0.1, 0.15) is 25.1 Å². The van der Waals surface area contributed by atoms with Crippen molar-refractivity contribution in [2.24, 2.45) is 5.92 Å². The van der Waals surface area contributed by atoms with Gasteiger partial charge in [-0.1, -0.05) is 55.8 Å². The fraction of sp³-hybridized carbons (Fsp3) is 0.292. The highest BCUT2D eigenvalue weighted by atomic mass is 35.5. The highest BCUT2D eigenvalue weighted by Gasteiger charge is 2.18. The Morgan fingerprint density at radius 3 is 2.57 bits per heavy atom. The molecule has 0 saturated carbocycles. The minimum atomic E-state index is -0.154. The van der Waals surface area contributed by atoms with Gasteiger partial charge in [-0.25, -0.2) is 4.79 Å². The summed E-state index contributed by atoms with van der Waals surface area (Å²) >= 11 is 6.34. The van der Waals surface area contributed by atoms with E-state index in [9.17, 15) is 4.79 Å². The summed E-state index contributed by atoms with van der Waals surface area (Å²) in [5.74, 6) is 0.970. The molecule has 0 bridgehead atoms. The van der Waals surface area contributed by atoms with Crippen molar-refractivity contribution in [3.63, 3.8) is 0 Å². The molecule has 1 aromatic heterocycles. The molecule has 0 aliphatic heterocycles. The van der Waals surface area contributed by atoms with E-state index in [4.69, 9.17) is 16.3 Å². The molecule has 3 rings (SSSR count). The molecule has 6 heteroatoms. The smallest absolute Gasteiger partial charge is 0.322 e. The van der Waals surface area contributed by atoms with Crippen molar-refractivity contribution in [3.05, 3.63) is 83.1 Å². The number of aromatic nitrogens is 1. The van der Waals surface area contributed by atoms with Crippen molar-refractivity contribution < 1.29 is 9.53 Å². The first kappa shape index (κ1) is 21.8. The van der Waals surface area contributed by atoms with E-state index in [1.54, 1.807) is 7.11 Å². The van der Waals surface area contributed by atoms with E-state index in [2.05, 4.69) is 23.7 Å². The number of nitrogens with one attached hydrogen (secondary N) is 1. The molecule has 1 N–H and O–H groups in total. The van der Waals surface area contributed by atoms with E-state index in [0.717, 1.165) is 16.3 Å². The lowest BCUT2D eigenvalue weighted by atomic mass is 10.2. The largest absolute Gasteiger partial charge is 0.495 e. The van der Waals surface area contributed by atoms with Gasteiger partial charge in [-0.15, -0.1) is 0 Å². The number of halogens is 1. The molecular weight excluding hydrogens is 398 g/mol. The molecule has 2 aromatic carbocycles. The Bertz CT molecular complexity index is 984. The van der Waals surface area contributed by atoms with E-state index >= 15 is 0 Å². The Morgan fingerprint density at radius 1 is 1.10 bits per heavy atom. The maximum absolute atomic E-state index is 13.1. The molecule has 0 unspecified atom stereocenters. The highest BCUT2D eigenvalue weighted by molar-refractivity contribution is 6.31. The SMILES string of the molecule is COc1ccccc1NC(=O)N(Cc1cccn1Cc1ccccc1Cl)CC(C)C. The number of benzene rings is 2. The number of amides is 2. The van der Waals surface area contributed by atoms with Gasteiger partial charge in [0.15, 0.2) is 0 Å². The molecule has 30 heavy (non-hydrogen) atoms. The van der Waals surface area contributed by atoms with Gasteiger partial charge in [0.2, 0.25) is 0 Å². The van der Waals surface area contributed by atoms with Gasteiger partial charge in [-0.3, -0.25) is 0 Å². The van der Waals surface area contributed by atoms with Gasteiger partial charge in [-0.2, -0.15) is 0 Å². The Hall–Kier alpha value is -2.92. The van der Waals surface area contributed by atoms with Crippen molar-refractivity contribution >= 4 is 23.3 Å². The average Bonchev–Trinajstić information content (AvgIpc) is 3.16. The summed E-state index contributed by atoms with van der Waals surface area (Å²) in [6.45, 7) is 6.00. The van der Waals surface area contributed by atoms with E-state index in [0.29, 0.717) is 37.0 Å². The topological polar surface area (TPSA) is 46.5 Å². The molecule has 0 spiro atoms. The van der Waals surface area contributed by atoms with Crippen LogP contribution in [-0.4, -0.2) is 29.2 Å². The number of ether oxygens (including phenoxy) is 1. The monoisotopic (exact) mass is 425 g/mol. The van der Waals surface area contributed by atoms with Gasteiger partial charge in [-0.05, 0) is 41.8 Å². The molecule has 0 fully saturated rings. The van der Waals surface area contributed by atoms with E-state index in [1.165, 1.54) is 0 Å². The number of hydrogen-bond donors (Lipinski definition) is 1. The van der Waals surface area contributed by atoms with Crippen LogP contribution in [0.2, 0.25) is 5.02 Å². The third kappa shape index (κ3) is 5.57. The molecule has 0 aliphatic carbocycles. The predicted octanol–water partition coefficient (Wildman–Crippen LogP) is 5.89. The van der Waals surface area contributed by atoms with Crippen LogP contribution in [0.5, 0.6) is 5.75 Å². The summed E-state index contributed by atoms with van der Waals surface area (Å²) < 4.78 is 7.49. The third-order valence-electron chi connectivity index (χ3n) is 4.80. The highest BCUT2D eigenvalue weighted by Crippen LogP contribution is 2.24. The molecule has 158 valence electrons. The number of hydrogen-bond acceptors (Lipinski definition) is 2. The first-order chi connectivity index (χ1) is 14.5. The summed E-state index contributed by atoms with van der Waals surface area (Å²) in [4.78, 5) is 14.9. The van der Waals surface area contributed by atoms with E-state index in [-0.39, 0.29) is 6.03 Å². The molecule has 1 heterocycles. The second-order valence-electron chi connectivity index (χ2n) is 7.62. The molecule has 5 nitrogen and oxygen atoms in total. The average molecular weight is 426 g/mol. The Labute approximate surface area is 183 Å². The lowest BCUT2D eigenvalue weighted by Crippen LogP contribution is -2.37. The Balaban J connectivity index is 1.78. The molecular formula is C24H28ClN3O2. The Morgan fingerprint density at radius 2 is 1.83 bits per heavy atom. The minimum Gasteiger partial charge on any atom is -0.495 e. The second-order valence-corrected chi connectivity index (χ2v) is 8.03. The summed E-state index contributed by atoms with van der Waals surface area (Å²) in [5.41, 5.74) is 2.75. The zero-order chi connectivity index (χ0) is 21.5. The van der Waals surface area contributed by atoms with Gasteiger partial charge in [0.05, 0.1) is 19.3 Å². The van der Waals surface area contributed by atoms with Gasteiger partial charge in [0.1, 0.15) is 5.75 Å². The summed E-state index contributed by atoms with van der Waals surface area (Å²) in [6.07, 6.45) is 2.02. The van der Waals surface area contributed by atoms with Crippen molar-refractivity contribution in [1.82, 2.24) is 9.47 Å². The quantitative estimate of drug-likeness (QED) is 0.489. The normalized spacial score (nSPS) is 10.8. The minimum absolute atomic E-state index is 0.154. The van der Waals surface area contributed by atoms with Gasteiger partial charge >= 0.3 is 6.03 Å². The number of carbonyl (C=O) groups excluding carboxylic acids is 1. The summed E-state index contributed by atoms with van der Waals surface area (Å²) in [7, 11) is 1.60. The predicted molar refractivity (Wildman–Crippen MR) is 122 cm³/mol. The maximum Gasteiger partial charge on any atom is 0.322 e. The molecule has 0 aliphatic rings. The van der Waals surface area contributed by atoms with Crippen LogP contribution in [-0.2, 0) is 13.1 Å². The third-order valence-corrected chi connectivity index (χ3v) is 5.16. The zero-order valence-electron chi connectivity index (χ0n) is 17.6. The number of anilines is 1. The maximum atomic E-state index is 13.1. The molecule has 0 saturated heterocycles. The number of para-hydroxylation sites is 2. The van der Waals surface area contributed by atoms with Crippen LogP contribution in [0.3, 0.4) is 0 Å². The Kier molecular flexibility index (Phi) is 7.41. The number of nitrogens with zero attached hydrogens (tertiary/aromatic N) is 2. The first-order valence-electron chi connectivity index (χ1n) is 10.0. The van der Waals surface area contributed by atoms with E-state index in [1.807, 2.05) is 71.8 Å². The van der Waals surface area contributed by atoms with Crippen LogP contribution in [0.25, 0.3) is 0 Å². The van der Waals surface area contributed by atoms with Crippen LogP contribution in [0.4, 0.5) is 10.5 Å². The van der Waals surface area contributed by atoms with Crippen LogP contribution < -0.4 is 10.1 Å². The summed E-state index contributed by atoms with van der Waals surface area (Å²) in [5, 5.41) is 3.73. The second kappa shape index (κ2) is 10.2. The molecule has 0 atom stereocenters. The van der Waals surface area contributed by atoms with Crippen molar-refractivity contribution in [2.45, 2.75) is 26.9 Å². The number of urea groups is 1. The number of carbonyl (C=O) groups is 1. The molecule has 2 amide bonds. The lowest BCUT2D eigenvalue weighted by Gasteiger charge is -2.26. The van der Waals surface area contributed by atoms with Crippen LogP contribution in [0, 0.1) is 5.92 Å². The lowest BCUT2D eigenvalue weighted by molar-refractivity contribution is 0.200. The standard InChI is InChI=1S/C24H28ClN3O2/c1-18(2)15-28(24(29)26-22-12-6-7-13-23(22)30-3)17-20-10-8-14-27(20)16-19-9-4-5-11-21(19)25/h4-14,18H,15-17H2,1-3H3,(H,26,29).